The third-order valence-corrected chi connectivity index (χ3v) is 5.35. The van der Waals surface area contributed by atoms with Crippen LogP contribution in [0.4, 0.5) is 0 Å². The highest BCUT2D eigenvalue weighted by atomic mass is 32.1. The summed E-state index contributed by atoms with van der Waals surface area (Å²) in [6, 6.07) is 0.595. The Morgan fingerprint density at radius 2 is 2.00 bits per heavy atom. The van der Waals surface area contributed by atoms with Crippen LogP contribution in [0, 0.1) is 11.8 Å². The molecular formula is C15H24N2S. The predicted octanol–water partition coefficient (Wildman–Crippen LogP) is 3.93. The highest BCUT2D eigenvalue weighted by Gasteiger charge is 2.43. The molecule has 0 aliphatic heterocycles. The Morgan fingerprint density at radius 3 is 2.56 bits per heavy atom. The summed E-state index contributed by atoms with van der Waals surface area (Å²) < 4.78 is 0. The maximum Gasteiger partial charge on any atom is 0.0965 e. The first-order valence-corrected chi connectivity index (χ1v) is 8.33. The molecule has 1 atom stereocenters. The number of aromatic nitrogens is 1. The SMILES string of the molecule is CCC(C)NCc1csc(C(C2CC2)C2CC2)n1. The third-order valence-electron chi connectivity index (χ3n) is 4.36. The zero-order chi connectivity index (χ0) is 12.5. The fourth-order valence-electron chi connectivity index (χ4n) is 2.68. The van der Waals surface area contributed by atoms with Crippen LogP contribution in [-0.2, 0) is 6.54 Å². The van der Waals surface area contributed by atoms with Crippen molar-refractivity contribution in [1.82, 2.24) is 10.3 Å². The van der Waals surface area contributed by atoms with E-state index in [0.717, 1.165) is 24.3 Å². The van der Waals surface area contributed by atoms with Crippen LogP contribution in [0.3, 0.4) is 0 Å². The maximum atomic E-state index is 4.90. The van der Waals surface area contributed by atoms with Gasteiger partial charge in [0.05, 0.1) is 10.7 Å². The van der Waals surface area contributed by atoms with Crippen LogP contribution in [0.1, 0.15) is 62.6 Å². The van der Waals surface area contributed by atoms with Gasteiger partial charge in [0.15, 0.2) is 0 Å². The lowest BCUT2D eigenvalue weighted by Gasteiger charge is -2.12. The van der Waals surface area contributed by atoms with Crippen molar-refractivity contribution in [3.05, 3.63) is 16.1 Å². The van der Waals surface area contributed by atoms with E-state index in [1.54, 1.807) is 0 Å². The van der Waals surface area contributed by atoms with E-state index in [0.29, 0.717) is 6.04 Å². The molecule has 2 aliphatic carbocycles. The normalized spacial score (nSPS) is 21.5. The Balaban J connectivity index is 1.61. The first-order chi connectivity index (χ1) is 8.78. The van der Waals surface area contributed by atoms with Crippen LogP contribution in [0.25, 0.3) is 0 Å². The van der Waals surface area contributed by atoms with E-state index >= 15 is 0 Å². The third kappa shape index (κ3) is 2.94. The molecule has 0 spiro atoms. The molecule has 2 fully saturated rings. The Bertz CT molecular complexity index is 381. The molecule has 2 nitrogen and oxygen atoms in total. The second-order valence-electron chi connectivity index (χ2n) is 6.07. The number of nitrogens with one attached hydrogen (secondary N) is 1. The molecule has 3 heteroatoms. The van der Waals surface area contributed by atoms with Crippen molar-refractivity contribution >= 4 is 11.3 Å². The highest BCUT2D eigenvalue weighted by molar-refractivity contribution is 7.09. The molecular weight excluding hydrogens is 240 g/mol. The fraction of sp³-hybridized carbons (Fsp3) is 0.800. The Labute approximate surface area is 114 Å². The molecule has 0 radical (unpaired) electrons. The molecule has 0 aromatic carbocycles. The van der Waals surface area contributed by atoms with Crippen LogP contribution in [-0.4, -0.2) is 11.0 Å². The first-order valence-electron chi connectivity index (χ1n) is 7.45. The molecule has 100 valence electrons. The van der Waals surface area contributed by atoms with Crippen molar-refractivity contribution in [2.45, 2.75) is 64.5 Å². The summed E-state index contributed by atoms with van der Waals surface area (Å²) in [6.07, 6.45) is 6.97. The number of rotatable bonds is 7. The van der Waals surface area contributed by atoms with Gasteiger partial charge in [0.25, 0.3) is 0 Å². The lowest BCUT2D eigenvalue weighted by atomic mass is 9.99. The van der Waals surface area contributed by atoms with E-state index in [2.05, 4.69) is 24.5 Å². The molecule has 2 saturated carbocycles. The van der Waals surface area contributed by atoms with E-state index < -0.39 is 0 Å². The smallest absolute Gasteiger partial charge is 0.0965 e. The van der Waals surface area contributed by atoms with Gasteiger partial charge in [0.1, 0.15) is 0 Å². The van der Waals surface area contributed by atoms with Crippen molar-refractivity contribution < 1.29 is 0 Å². The topological polar surface area (TPSA) is 24.9 Å². The van der Waals surface area contributed by atoms with Crippen molar-refractivity contribution in [2.75, 3.05) is 0 Å². The van der Waals surface area contributed by atoms with Gasteiger partial charge in [-0.3, -0.25) is 0 Å². The second kappa shape index (κ2) is 5.30. The summed E-state index contributed by atoms with van der Waals surface area (Å²) in [4.78, 5) is 4.90. The quantitative estimate of drug-likeness (QED) is 0.807. The molecule has 0 amide bonds. The summed E-state index contributed by atoms with van der Waals surface area (Å²) in [5.74, 6) is 2.75. The first kappa shape index (κ1) is 12.6. The van der Waals surface area contributed by atoms with Gasteiger partial charge in [-0.25, -0.2) is 4.98 Å². The summed E-state index contributed by atoms with van der Waals surface area (Å²) in [6.45, 7) is 5.40. The number of nitrogens with zero attached hydrogens (tertiary/aromatic N) is 1. The second-order valence-corrected chi connectivity index (χ2v) is 6.96. The molecule has 0 saturated heterocycles. The molecule has 1 aromatic rings. The predicted molar refractivity (Wildman–Crippen MR) is 76.9 cm³/mol. The molecule has 1 heterocycles. The zero-order valence-corrected chi connectivity index (χ0v) is 12.3. The number of hydrogen-bond acceptors (Lipinski definition) is 3. The molecule has 1 unspecified atom stereocenters. The molecule has 1 aromatic heterocycles. The fourth-order valence-corrected chi connectivity index (χ4v) is 3.78. The average Bonchev–Trinajstić information content (AvgIpc) is 3.28. The number of hydrogen-bond donors (Lipinski definition) is 1. The van der Waals surface area contributed by atoms with Gasteiger partial charge in [0.2, 0.25) is 0 Å². The lowest BCUT2D eigenvalue weighted by Crippen LogP contribution is -2.24. The average molecular weight is 264 g/mol. The van der Waals surface area contributed by atoms with Crippen LogP contribution in [0.15, 0.2) is 5.38 Å². The van der Waals surface area contributed by atoms with Gasteiger partial charge in [-0.15, -0.1) is 11.3 Å². The monoisotopic (exact) mass is 264 g/mol. The van der Waals surface area contributed by atoms with Crippen molar-refractivity contribution in [3.8, 4) is 0 Å². The van der Waals surface area contributed by atoms with Gasteiger partial charge < -0.3 is 5.32 Å². The van der Waals surface area contributed by atoms with Crippen molar-refractivity contribution in [2.24, 2.45) is 11.8 Å². The van der Waals surface area contributed by atoms with Crippen LogP contribution in [0.2, 0.25) is 0 Å². The molecule has 1 N–H and O–H groups in total. The Hall–Kier alpha value is -0.410. The van der Waals surface area contributed by atoms with E-state index in [4.69, 9.17) is 4.98 Å². The van der Waals surface area contributed by atoms with Crippen molar-refractivity contribution in [1.29, 1.82) is 0 Å². The van der Waals surface area contributed by atoms with E-state index in [9.17, 15) is 0 Å². The van der Waals surface area contributed by atoms with Gasteiger partial charge in [-0.1, -0.05) is 6.92 Å². The van der Waals surface area contributed by atoms with Crippen LogP contribution in [0.5, 0.6) is 0 Å². The van der Waals surface area contributed by atoms with E-state index in [1.165, 1.54) is 42.8 Å². The standard InChI is InChI=1S/C15H24N2S/c1-3-10(2)16-8-13-9-18-15(17-13)14(11-4-5-11)12-6-7-12/h9-12,14,16H,3-8H2,1-2H3. The minimum absolute atomic E-state index is 0.595. The zero-order valence-electron chi connectivity index (χ0n) is 11.5. The Kier molecular flexibility index (Phi) is 3.71. The Morgan fingerprint density at radius 1 is 1.33 bits per heavy atom. The van der Waals surface area contributed by atoms with E-state index in [-0.39, 0.29) is 0 Å². The minimum atomic E-state index is 0.595. The summed E-state index contributed by atoms with van der Waals surface area (Å²) in [5, 5.41) is 7.23. The van der Waals surface area contributed by atoms with Crippen molar-refractivity contribution in [3.63, 3.8) is 0 Å². The molecule has 3 rings (SSSR count). The van der Waals surface area contributed by atoms with E-state index in [1.807, 2.05) is 11.3 Å². The molecule has 2 aliphatic rings. The van der Waals surface area contributed by atoms with Crippen LogP contribution < -0.4 is 5.32 Å². The summed E-state index contributed by atoms with van der Waals surface area (Å²) in [5.41, 5.74) is 1.25. The number of thiazole rings is 1. The van der Waals surface area contributed by atoms with Gasteiger partial charge in [0, 0.05) is 23.9 Å². The van der Waals surface area contributed by atoms with Crippen LogP contribution >= 0.6 is 11.3 Å². The lowest BCUT2D eigenvalue weighted by molar-refractivity contribution is 0.518. The minimum Gasteiger partial charge on any atom is -0.309 e. The summed E-state index contributed by atoms with van der Waals surface area (Å²) >= 11 is 1.90. The van der Waals surface area contributed by atoms with Gasteiger partial charge in [-0.05, 0) is 50.9 Å². The molecule has 0 bridgehead atoms. The van der Waals surface area contributed by atoms with Gasteiger partial charge in [-0.2, -0.15) is 0 Å². The largest absolute Gasteiger partial charge is 0.309 e. The van der Waals surface area contributed by atoms with Gasteiger partial charge >= 0.3 is 0 Å². The summed E-state index contributed by atoms with van der Waals surface area (Å²) in [7, 11) is 0. The molecule has 18 heavy (non-hydrogen) atoms. The maximum absolute atomic E-state index is 4.90. The highest BCUT2D eigenvalue weighted by Crippen LogP contribution is 2.54.